The Kier molecular flexibility index (Phi) is 3.48. The van der Waals surface area contributed by atoms with Gasteiger partial charge < -0.3 is 10.1 Å². The fourth-order valence-corrected chi connectivity index (χ4v) is 3.06. The molecule has 7 heteroatoms. The second-order valence-electron chi connectivity index (χ2n) is 5.47. The number of nitro groups is 1. The molecule has 3 rings (SSSR count). The van der Waals surface area contributed by atoms with Gasteiger partial charge in [-0.15, -0.1) is 0 Å². The maximum Gasteiger partial charge on any atom is 0.337 e. The van der Waals surface area contributed by atoms with Crippen LogP contribution in [0.25, 0.3) is 0 Å². The van der Waals surface area contributed by atoms with Crippen LogP contribution in [0.5, 0.6) is 0 Å². The SMILES string of the molecule is CC(=O)C1=C(C)NC2=C(C(=O)OC2)C1c1ccc([N+](=O)[O-])cc1. The van der Waals surface area contributed by atoms with Gasteiger partial charge in [-0.3, -0.25) is 14.9 Å². The fourth-order valence-electron chi connectivity index (χ4n) is 3.06. The van der Waals surface area contributed by atoms with Gasteiger partial charge in [0.25, 0.3) is 5.69 Å². The molecule has 1 atom stereocenters. The Balaban J connectivity index is 2.14. The molecule has 0 fully saturated rings. The van der Waals surface area contributed by atoms with E-state index in [4.69, 9.17) is 4.74 Å². The zero-order valence-electron chi connectivity index (χ0n) is 12.6. The van der Waals surface area contributed by atoms with Crippen LogP contribution in [0.1, 0.15) is 25.3 Å². The van der Waals surface area contributed by atoms with Crippen LogP contribution in [0, 0.1) is 10.1 Å². The van der Waals surface area contributed by atoms with Crippen LogP contribution >= 0.6 is 0 Å². The lowest BCUT2D eigenvalue weighted by Crippen LogP contribution is -2.28. The van der Waals surface area contributed by atoms with Crippen LogP contribution in [0.15, 0.2) is 46.8 Å². The lowest BCUT2D eigenvalue weighted by molar-refractivity contribution is -0.384. The normalized spacial score (nSPS) is 20.1. The summed E-state index contributed by atoms with van der Waals surface area (Å²) >= 11 is 0. The van der Waals surface area contributed by atoms with Crippen molar-refractivity contribution in [2.45, 2.75) is 19.8 Å². The molecular formula is C16H14N2O5. The number of hydrogen-bond acceptors (Lipinski definition) is 6. The molecule has 0 saturated carbocycles. The fraction of sp³-hybridized carbons (Fsp3) is 0.250. The Morgan fingerprint density at radius 3 is 2.57 bits per heavy atom. The molecular weight excluding hydrogens is 300 g/mol. The van der Waals surface area contributed by atoms with E-state index >= 15 is 0 Å². The molecule has 118 valence electrons. The zero-order chi connectivity index (χ0) is 16.7. The Labute approximate surface area is 131 Å². The van der Waals surface area contributed by atoms with Gasteiger partial charge in [-0.1, -0.05) is 12.1 Å². The van der Waals surface area contributed by atoms with Crippen molar-refractivity contribution in [3.05, 3.63) is 62.5 Å². The lowest BCUT2D eigenvalue weighted by atomic mass is 9.79. The first-order chi connectivity index (χ1) is 10.9. The molecule has 0 saturated heterocycles. The van der Waals surface area contributed by atoms with E-state index in [2.05, 4.69) is 5.32 Å². The highest BCUT2D eigenvalue weighted by molar-refractivity contribution is 6.03. The number of nitro benzene ring substituents is 1. The highest BCUT2D eigenvalue weighted by atomic mass is 16.6. The number of non-ortho nitro benzene ring substituents is 1. The molecule has 0 radical (unpaired) electrons. The van der Waals surface area contributed by atoms with E-state index in [1.165, 1.54) is 19.1 Å². The first kappa shape index (κ1) is 15.0. The topological polar surface area (TPSA) is 98.5 Å². The van der Waals surface area contributed by atoms with Gasteiger partial charge in [-0.2, -0.15) is 0 Å². The van der Waals surface area contributed by atoms with Gasteiger partial charge in [0.15, 0.2) is 5.78 Å². The predicted molar refractivity (Wildman–Crippen MR) is 80.3 cm³/mol. The number of esters is 1. The van der Waals surface area contributed by atoms with Crippen LogP contribution in [-0.2, 0) is 14.3 Å². The van der Waals surface area contributed by atoms with Crippen molar-refractivity contribution in [3.8, 4) is 0 Å². The van der Waals surface area contributed by atoms with Crippen molar-refractivity contribution in [2.75, 3.05) is 6.61 Å². The molecule has 0 bridgehead atoms. The molecule has 0 aliphatic carbocycles. The molecule has 0 aromatic heterocycles. The van der Waals surface area contributed by atoms with Gasteiger partial charge in [-0.25, -0.2) is 4.79 Å². The Morgan fingerprint density at radius 1 is 1.35 bits per heavy atom. The van der Waals surface area contributed by atoms with E-state index in [0.717, 1.165) is 0 Å². The maximum absolute atomic E-state index is 12.1. The second kappa shape index (κ2) is 5.35. The number of nitrogens with one attached hydrogen (secondary N) is 1. The number of carbonyl (C=O) groups excluding carboxylic acids is 2. The monoisotopic (exact) mass is 314 g/mol. The number of allylic oxidation sites excluding steroid dienone is 2. The van der Waals surface area contributed by atoms with Crippen LogP contribution in [-0.4, -0.2) is 23.3 Å². The van der Waals surface area contributed by atoms with Crippen LogP contribution in [0.2, 0.25) is 0 Å². The third-order valence-electron chi connectivity index (χ3n) is 4.03. The van der Waals surface area contributed by atoms with Crippen molar-refractivity contribution in [1.29, 1.82) is 0 Å². The number of hydrogen-bond donors (Lipinski definition) is 1. The van der Waals surface area contributed by atoms with Gasteiger partial charge in [0.05, 0.1) is 16.2 Å². The summed E-state index contributed by atoms with van der Waals surface area (Å²) in [5.41, 5.74) is 2.77. The summed E-state index contributed by atoms with van der Waals surface area (Å²) in [6, 6.07) is 5.87. The number of cyclic esters (lactones) is 1. The largest absolute Gasteiger partial charge is 0.456 e. The molecule has 0 amide bonds. The van der Waals surface area contributed by atoms with E-state index in [0.29, 0.717) is 28.1 Å². The van der Waals surface area contributed by atoms with Gasteiger partial charge in [0, 0.05) is 29.3 Å². The molecule has 2 heterocycles. The summed E-state index contributed by atoms with van der Waals surface area (Å²) in [4.78, 5) is 34.5. The third kappa shape index (κ3) is 2.40. The predicted octanol–water partition coefficient (Wildman–Crippen LogP) is 1.96. The summed E-state index contributed by atoms with van der Waals surface area (Å²) in [6.45, 7) is 3.34. The van der Waals surface area contributed by atoms with Gasteiger partial charge in [0.1, 0.15) is 6.61 Å². The van der Waals surface area contributed by atoms with Crippen molar-refractivity contribution in [1.82, 2.24) is 5.32 Å². The minimum Gasteiger partial charge on any atom is -0.456 e. The molecule has 1 aromatic rings. The summed E-state index contributed by atoms with van der Waals surface area (Å²) in [5, 5.41) is 13.9. The second-order valence-corrected chi connectivity index (χ2v) is 5.47. The number of Topliss-reactive ketones (excluding diaryl/α,β-unsaturated/α-hetero) is 1. The Morgan fingerprint density at radius 2 is 2.00 bits per heavy atom. The minimum atomic E-state index is -0.570. The minimum absolute atomic E-state index is 0.0454. The van der Waals surface area contributed by atoms with E-state index < -0.39 is 16.8 Å². The van der Waals surface area contributed by atoms with Crippen molar-refractivity contribution in [3.63, 3.8) is 0 Å². The lowest BCUT2D eigenvalue weighted by Gasteiger charge is -2.27. The van der Waals surface area contributed by atoms with E-state index in [-0.39, 0.29) is 18.1 Å². The standard InChI is InChI=1S/C16H14N2O5/c1-8-13(9(2)19)14(15-12(17-8)7-23-16(15)20)10-3-5-11(6-4-10)18(21)22/h3-6,14,17H,7H2,1-2H3. The first-order valence-corrected chi connectivity index (χ1v) is 7.03. The number of ketones is 1. The maximum atomic E-state index is 12.1. The number of ether oxygens (including phenoxy) is 1. The van der Waals surface area contributed by atoms with Gasteiger partial charge >= 0.3 is 5.97 Å². The van der Waals surface area contributed by atoms with Gasteiger partial charge in [-0.05, 0) is 19.4 Å². The van der Waals surface area contributed by atoms with Crippen LogP contribution in [0.3, 0.4) is 0 Å². The molecule has 7 nitrogen and oxygen atoms in total. The summed E-state index contributed by atoms with van der Waals surface area (Å²) in [6.07, 6.45) is 0. The van der Waals surface area contributed by atoms with E-state index in [1.54, 1.807) is 19.1 Å². The zero-order valence-corrected chi connectivity index (χ0v) is 12.6. The highest BCUT2D eigenvalue weighted by Gasteiger charge is 2.40. The summed E-state index contributed by atoms with van der Waals surface area (Å²) < 4.78 is 5.07. The Bertz CT molecular complexity index is 787. The molecule has 2 aliphatic rings. The number of carbonyl (C=O) groups is 2. The van der Waals surface area contributed by atoms with Crippen molar-refractivity contribution >= 4 is 17.4 Å². The van der Waals surface area contributed by atoms with E-state index in [9.17, 15) is 19.7 Å². The summed E-state index contributed by atoms with van der Waals surface area (Å²) in [5.74, 6) is -1.20. The molecule has 23 heavy (non-hydrogen) atoms. The quantitative estimate of drug-likeness (QED) is 0.520. The van der Waals surface area contributed by atoms with Crippen molar-refractivity contribution in [2.24, 2.45) is 0 Å². The Hall–Kier alpha value is -2.96. The van der Waals surface area contributed by atoms with E-state index in [1.807, 2.05) is 0 Å². The molecule has 2 aliphatic heterocycles. The smallest absolute Gasteiger partial charge is 0.337 e. The number of nitrogens with zero attached hydrogens (tertiary/aromatic N) is 1. The van der Waals surface area contributed by atoms with Crippen LogP contribution < -0.4 is 5.32 Å². The van der Waals surface area contributed by atoms with Crippen molar-refractivity contribution < 1.29 is 19.2 Å². The molecule has 0 spiro atoms. The first-order valence-electron chi connectivity index (χ1n) is 7.03. The average molecular weight is 314 g/mol. The average Bonchev–Trinajstić information content (AvgIpc) is 2.86. The van der Waals surface area contributed by atoms with Gasteiger partial charge in [0.2, 0.25) is 0 Å². The van der Waals surface area contributed by atoms with Crippen LogP contribution in [0.4, 0.5) is 5.69 Å². The molecule has 1 aromatic carbocycles. The number of dihydropyridines is 1. The molecule has 1 N–H and O–H groups in total. The number of rotatable bonds is 3. The number of benzene rings is 1. The molecule has 1 unspecified atom stereocenters. The summed E-state index contributed by atoms with van der Waals surface area (Å²) in [7, 11) is 0. The third-order valence-corrected chi connectivity index (χ3v) is 4.03. The highest BCUT2D eigenvalue weighted by Crippen LogP contribution is 2.41.